The summed E-state index contributed by atoms with van der Waals surface area (Å²) in [6, 6.07) is 4.69. The van der Waals surface area contributed by atoms with Crippen LogP contribution in [0.1, 0.15) is 33.6 Å². The van der Waals surface area contributed by atoms with Gasteiger partial charge in [-0.2, -0.15) is 0 Å². The molecule has 0 fully saturated rings. The van der Waals surface area contributed by atoms with Crippen LogP contribution in [0, 0.1) is 5.92 Å². The highest BCUT2D eigenvalue weighted by molar-refractivity contribution is 7.17. The maximum atomic E-state index is 4.45. The zero-order valence-corrected chi connectivity index (χ0v) is 11.6. The Morgan fingerprint density at radius 2 is 2.18 bits per heavy atom. The molecule has 2 aromatic rings. The highest BCUT2D eigenvalue weighted by atomic mass is 32.1. The first kappa shape index (κ1) is 12.4. The van der Waals surface area contributed by atoms with Gasteiger partial charge in [0, 0.05) is 22.3 Å². The van der Waals surface area contributed by atoms with E-state index in [1.54, 1.807) is 11.3 Å². The lowest BCUT2D eigenvalue weighted by atomic mass is 10.0. The number of hydrogen-bond donors (Lipinski definition) is 1. The standard InChI is InChI=1S/C14H20N2S/c1-4-10(2)9-11(3)16-14-12-6-8-17-13(12)5-7-15-14/h5-8,10-11H,4,9H2,1-3H3,(H,15,16). The van der Waals surface area contributed by atoms with Gasteiger partial charge in [0.15, 0.2) is 0 Å². The fourth-order valence-corrected chi connectivity index (χ4v) is 2.85. The second-order valence-corrected chi connectivity index (χ2v) is 5.73. The number of thiophene rings is 1. The molecule has 2 aromatic heterocycles. The Kier molecular flexibility index (Phi) is 4.00. The molecule has 0 aromatic carbocycles. The molecule has 0 saturated heterocycles. The van der Waals surface area contributed by atoms with Crippen LogP contribution in [0.15, 0.2) is 23.7 Å². The third-order valence-electron chi connectivity index (χ3n) is 3.22. The van der Waals surface area contributed by atoms with Crippen molar-refractivity contribution in [3.63, 3.8) is 0 Å². The Bertz CT molecular complexity index is 478. The van der Waals surface area contributed by atoms with E-state index >= 15 is 0 Å². The van der Waals surface area contributed by atoms with E-state index in [0.29, 0.717) is 6.04 Å². The quantitative estimate of drug-likeness (QED) is 0.840. The van der Waals surface area contributed by atoms with Crippen molar-refractivity contribution >= 4 is 27.2 Å². The normalized spacial score (nSPS) is 14.8. The minimum Gasteiger partial charge on any atom is -0.367 e. The van der Waals surface area contributed by atoms with Crippen molar-refractivity contribution in [2.75, 3.05) is 5.32 Å². The monoisotopic (exact) mass is 248 g/mol. The number of hydrogen-bond acceptors (Lipinski definition) is 3. The van der Waals surface area contributed by atoms with E-state index in [-0.39, 0.29) is 0 Å². The Hall–Kier alpha value is -1.09. The molecule has 17 heavy (non-hydrogen) atoms. The van der Waals surface area contributed by atoms with Crippen LogP contribution in [-0.4, -0.2) is 11.0 Å². The SMILES string of the molecule is CCC(C)CC(C)Nc1nccc2sccc12. The lowest BCUT2D eigenvalue weighted by Crippen LogP contribution is -2.18. The highest BCUT2D eigenvalue weighted by Gasteiger charge is 2.09. The van der Waals surface area contributed by atoms with Crippen LogP contribution in [0.2, 0.25) is 0 Å². The van der Waals surface area contributed by atoms with Crippen molar-refractivity contribution in [1.29, 1.82) is 0 Å². The third-order valence-corrected chi connectivity index (χ3v) is 4.10. The van der Waals surface area contributed by atoms with Gasteiger partial charge in [-0.15, -0.1) is 11.3 Å². The average Bonchev–Trinajstić information content (AvgIpc) is 2.78. The molecule has 2 atom stereocenters. The lowest BCUT2D eigenvalue weighted by Gasteiger charge is -2.18. The predicted octanol–water partition coefficient (Wildman–Crippen LogP) is 4.53. The largest absolute Gasteiger partial charge is 0.367 e. The van der Waals surface area contributed by atoms with Crippen LogP contribution in [0.25, 0.3) is 10.1 Å². The van der Waals surface area contributed by atoms with Crippen molar-refractivity contribution in [2.24, 2.45) is 5.92 Å². The maximum Gasteiger partial charge on any atom is 0.134 e. The molecule has 0 spiro atoms. The third kappa shape index (κ3) is 2.97. The first-order valence-electron chi connectivity index (χ1n) is 6.29. The predicted molar refractivity (Wildman–Crippen MR) is 76.8 cm³/mol. The highest BCUT2D eigenvalue weighted by Crippen LogP contribution is 2.26. The molecule has 3 heteroatoms. The Labute approximate surface area is 107 Å². The molecule has 2 rings (SSSR count). The van der Waals surface area contributed by atoms with Crippen molar-refractivity contribution in [3.8, 4) is 0 Å². The number of aromatic nitrogens is 1. The topological polar surface area (TPSA) is 24.9 Å². The second kappa shape index (κ2) is 5.50. The summed E-state index contributed by atoms with van der Waals surface area (Å²) in [7, 11) is 0. The minimum atomic E-state index is 0.475. The number of fused-ring (bicyclic) bond motifs is 1. The van der Waals surface area contributed by atoms with Crippen LogP contribution in [0.5, 0.6) is 0 Å². The van der Waals surface area contributed by atoms with Gasteiger partial charge in [0.25, 0.3) is 0 Å². The molecular weight excluding hydrogens is 228 g/mol. The number of nitrogens with one attached hydrogen (secondary N) is 1. The Morgan fingerprint density at radius 1 is 1.35 bits per heavy atom. The molecule has 1 N–H and O–H groups in total. The molecule has 92 valence electrons. The van der Waals surface area contributed by atoms with E-state index in [1.165, 1.54) is 22.9 Å². The van der Waals surface area contributed by atoms with Crippen LogP contribution in [-0.2, 0) is 0 Å². The summed E-state index contributed by atoms with van der Waals surface area (Å²) in [5.41, 5.74) is 0. The average molecular weight is 248 g/mol. The van der Waals surface area contributed by atoms with Gasteiger partial charge in [-0.3, -0.25) is 0 Å². The number of rotatable bonds is 5. The fraction of sp³-hybridized carbons (Fsp3) is 0.500. The van der Waals surface area contributed by atoms with Gasteiger partial charge in [-0.05, 0) is 36.8 Å². The van der Waals surface area contributed by atoms with Gasteiger partial charge in [-0.1, -0.05) is 20.3 Å². The zero-order chi connectivity index (χ0) is 12.3. The van der Waals surface area contributed by atoms with Crippen LogP contribution in [0.4, 0.5) is 5.82 Å². The Morgan fingerprint density at radius 3 is 2.94 bits per heavy atom. The molecular formula is C14H20N2S. The molecule has 0 aliphatic heterocycles. The smallest absolute Gasteiger partial charge is 0.134 e. The molecule has 2 nitrogen and oxygen atoms in total. The summed E-state index contributed by atoms with van der Waals surface area (Å²) in [4.78, 5) is 4.45. The van der Waals surface area contributed by atoms with E-state index in [2.05, 4.69) is 48.6 Å². The van der Waals surface area contributed by atoms with Crippen molar-refractivity contribution in [2.45, 2.75) is 39.7 Å². The molecule has 0 bridgehead atoms. The Balaban J connectivity index is 2.10. The fourth-order valence-electron chi connectivity index (χ4n) is 2.07. The summed E-state index contributed by atoms with van der Waals surface area (Å²) in [5, 5.41) is 6.90. The van der Waals surface area contributed by atoms with Crippen LogP contribution < -0.4 is 5.32 Å². The van der Waals surface area contributed by atoms with Crippen LogP contribution in [0.3, 0.4) is 0 Å². The van der Waals surface area contributed by atoms with Gasteiger partial charge in [0.2, 0.25) is 0 Å². The summed E-state index contributed by atoms with van der Waals surface area (Å²) in [6.45, 7) is 6.78. The van der Waals surface area contributed by atoms with Gasteiger partial charge < -0.3 is 5.32 Å². The van der Waals surface area contributed by atoms with Gasteiger partial charge >= 0.3 is 0 Å². The summed E-state index contributed by atoms with van der Waals surface area (Å²) in [5.74, 6) is 1.79. The number of anilines is 1. The first-order chi connectivity index (χ1) is 8.20. The molecule has 2 heterocycles. The summed E-state index contributed by atoms with van der Waals surface area (Å²) >= 11 is 1.77. The molecule has 0 radical (unpaired) electrons. The second-order valence-electron chi connectivity index (χ2n) is 4.79. The molecule has 0 aliphatic carbocycles. The van der Waals surface area contributed by atoms with E-state index < -0.39 is 0 Å². The number of pyridine rings is 1. The zero-order valence-electron chi connectivity index (χ0n) is 10.7. The van der Waals surface area contributed by atoms with E-state index in [0.717, 1.165) is 11.7 Å². The van der Waals surface area contributed by atoms with E-state index in [4.69, 9.17) is 0 Å². The van der Waals surface area contributed by atoms with Gasteiger partial charge in [0.05, 0.1) is 0 Å². The molecule has 0 amide bonds. The van der Waals surface area contributed by atoms with Gasteiger partial charge in [-0.25, -0.2) is 4.98 Å². The van der Waals surface area contributed by atoms with Crippen molar-refractivity contribution < 1.29 is 0 Å². The van der Waals surface area contributed by atoms with Crippen LogP contribution >= 0.6 is 11.3 Å². The minimum absolute atomic E-state index is 0.475. The van der Waals surface area contributed by atoms with E-state index in [1.807, 2.05) is 6.20 Å². The maximum absolute atomic E-state index is 4.45. The molecule has 0 saturated carbocycles. The van der Waals surface area contributed by atoms with E-state index in [9.17, 15) is 0 Å². The summed E-state index contributed by atoms with van der Waals surface area (Å²) in [6.07, 6.45) is 4.32. The van der Waals surface area contributed by atoms with Gasteiger partial charge in [0.1, 0.15) is 5.82 Å². The molecule has 2 unspecified atom stereocenters. The molecule has 0 aliphatic rings. The summed E-state index contributed by atoms with van der Waals surface area (Å²) < 4.78 is 1.30. The number of nitrogens with zero attached hydrogens (tertiary/aromatic N) is 1. The van der Waals surface area contributed by atoms with Crippen molar-refractivity contribution in [1.82, 2.24) is 4.98 Å². The lowest BCUT2D eigenvalue weighted by molar-refractivity contribution is 0.483. The first-order valence-corrected chi connectivity index (χ1v) is 7.17. The van der Waals surface area contributed by atoms with Crippen molar-refractivity contribution in [3.05, 3.63) is 23.7 Å².